The molecule has 0 bridgehead atoms. The summed E-state index contributed by atoms with van der Waals surface area (Å²) in [5, 5.41) is 3.04. The number of piperidine rings is 1. The van der Waals surface area contributed by atoms with Crippen LogP contribution in [0.15, 0.2) is 16.3 Å². The number of nitrogens with one attached hydrogen (secondary N) is 1. The maximum absolute atomic E-state index is 12.7. The van der Waals surface area contributed by atoms with Gasteiger partial charge in [0.15, 0.2) is 0 Å². The summed E-state index contributed by atoms with van der Waals surface area (Å²) in [5.74, 6) is 0.182. The van der Waals surface area contributed by atoms with Crippen molar-refractivity contribution >= 4 is 38.9 Å². The minimum absolute atomic E-state index is 0.0749. The summed E-state index contributed by atoms with van der Waals surface area (Å²) in [7, 11) is -3.48. The second-order valence-electron chi connectivity index (χ2n) is 7.26. The number of nitrogens with zero attached hydrogens (tertiary/aromatic N) is 2. The van der Waals surface area contributed by atoms with E-state index in [1.165, 1.54) is 4.31 Å². The lowest BCUT2D eigenvalue weighted by Gasteiger charge is -2.33. The highest BCUT2D eigenvalue weighted by molar-refractivity contribution is 7.91. The van der Waals surface area contributed by atoms with Crippen LogP contribution in [0, 0.1) is 11.8 Å². The van der Waals surface area contributed by atoms with Crippen molar-refractivity contribution in [2.45, 2.75) is 44.2 Å². The Morgan fingerprint density at radius 2 is 1.96 bits per heavy atom. The van der Waals surface area contributed by atoms with Gasteiger partial charge < -0.3 is 10.2 Å². The van der Waals surface area contributed by atoms with Gasteiger partial charge in [0.25, 0.3) is 10.0 Å². The number of amides is 1. The molecule has 1 fully saturated rings. The molecule has 1 aromatic heterocycles. The number of thiophene rings is 1. The largest absolute Gasteiger partial charge is 0.356 e. The van der Waals surface area contributed by atoms with Gasteiger partial charge in [0, 0.05) is 25.6 Å². The van der Waals surface area contributed by atoms with Crippen molar-refractivity contribution in [2.75, 3.05) is 39.3 Å². The molecule has 9 heteroatoms. The molecule has 2 heterocycles. The van der Waals surface area contributed by atoms with E-state index in [0.29, 0.717) is 36.8 Å². The lowest BCUT2D eigenvalue weighted by molar-refractivity contribution is -0.126. The number of hydrogen-bond donors (Lipinski definition) is 1. The van der Waals surface area contributed by atoms with Gasteiger partial charge in [-0.15, -0.1) is 11.3 Å². The van der Waals surface area contributed by atoms with Gasteiger partial charge in [-0.2, -0.15) is 4.31 Å². The quantitative estimate of drug-likeness (QED) is 0.556. The predicted molar refractivity (Wildman–Crippen MR) is 115 cm³/mol. The van der Waals surface area contributed by atoms with Crippen LogP contribution in [0.25, 0.3) is 0 Å². The first-order valence-electron chi connectivity index (χ1n) is 10.0. The number of carbonyl (C=O) groups excluding carboxylic acids is 1. The Hall–Kier alpha value is -0.670. The molecular formula is C19H32ClN3O3S2. The normalized spacial score (nSPS) is 17.8. The molecule has 1 amide bonds. The van der Waals surface area contributed by atoms with Crippen molar-refractivity contribution in [1.82, 2.24) is 14.5 Å². The van der Waals surface area contributed by atoms with Crippen LogP contribution >= 0.6 is 22.9 Å². The molecule has 1 aliphatic heterocycles. The van der Waals surface area contributed by atoms with Gasteiger partial charge in [-0.1, -0.05) is 32.4 Å². The third-order valence-corrected chi connectivity index (χ3v) is 9.20. The Balaban J connectivity index is 1.78. The number of halogens is 1. The number of hydrogen-bond acceptors (Lipinski definition) is 5. The topological polar surface area (TPSA) is 69.7 Å². The van der Waals surface area contributed by atoms with E-state index in [2.05, 4.69) is 24.1 Å². The number of sulfonamides is 1. The van der Waals surface area contributed by atoms with E-state index in [0.717, 1.165) is 37.4 Å². The summed E-state index contributed by atoms with van der Waals surface area (Å²) in [6.07, 6.45) is 2.35. The van der Waals surface area contributed by atoms with Crippen molar-refractivity contribution in [1.29, 1.82) is 0 Å². The number of carbonyl (C=O) groups is 1. The molecule has 28 heavy (non-hydrogen) atoms. The fourth-order valence-corrected chi connectivity index (χ4v) is 6.72. The molecule has 1 aliphatic rings. The van der Waals surface area contributed by atoms with Crippen LogP contribution in [0.3, 0.4) is 0 Å². The molecule has 160 valence electrons. The Morgan fingerprint density at radius 3 is 2.50 bits per heavy atom. The summed E-state index contributed by atoms with van der Waals surface area (Å²) in [4.78, 5) is 14.8. The SMILES string of the molecule is CCN(CC)CCCNC(=O)C(C)C1CCN(S(=O)(=O)c2ccc(Cl)s2)CC1. The van der Waals surface area contributed by atoms with Crippen LogP contribution in [-0.2, 0) is 14.8 Å². The van der Waals surface area contributed by atoms with E-state index in [1.54, 1.807) is 12.1 Å². The molecule has 0 aromatic carbocycles. The summed E-state index contributed by atoms with van der Waals surface area (Å²) in [6, 6.07) is 3.17. The van der Waals surface area contributed by atoms with E-state index in [1.807, 2.05) is 6.92 Å². The van der Waals surface area contributed by atoms with E-state index in [-0.39, 0.29) is 22.0 Å². The zero-order valence-corrected chi connectivity index (χ0v) is 19.4. The van der Waals surface area contributed by atoms with E-state index in [4.69, 9.17) is 11.6 Å². The van der Waals surface area contributed by atoms with Crippen molar-refractivity contribution in [3.63, 3.8) is 0 Å². The Labute approximate surface area is 178 Å². The molecule has 6 nitrogen and oxygen atoms in total. The van der Waals surface area contributed by atoms with E-state index >= 15 is 0 Å². The van der Waals surface area contributed by atoms with Crippen molar-refractivity contribution in [3.05, 3.63) is 16.5 Å². The molecule has 0 spiro atoms. The smallest absolute Gasteiger partial charge is 0.252 e. The minimum atomic E-state index is -3.48. The highest BCUT2D eigenvalue weighted by atomic mass is 35.5. The van der Waals surface area contributed by atoms with Crippen molar-refractivity contribution < 1.29 is 13.2 Å². The molecule has 1 N–H and O–H groups in total. The van der Waals surface area contributed by atoms with Crippen LogP contribution in [0.2, 0.25) is 4.34 Å². The Bertz CT molecular complexity index is 727. The van der Waals surface area contributed by atoms with E-state index < -0.39 is 10.0 Å². The summed E-state index contributed by atoms with van der Waals surface area (Å²) in [6.45, 7) is 10.9. The first kappa shape index (κ1) is 23.6. The predicted octanol–water partition coefficient (Wildman–Crippen LogP) is 3.29. The van der Waals surface area contributed by atoms with Crippen molar-refractivity contribution in [2.24, 2.45) is 11.8 Å². The zero-order chi connectivity index (χ0) is 20.7. The standard InChI is InChI=1S/C19H32ClN3O3S2/c1-4-22(5-2)12-6-11-21-19(24)15(3)16-9-13-23(14-10-16)28(25,26)18-8-7-17(20)27-18/h7-8,15-16H,4-6,9-14H2,1-3H3,(H,21,24). The van der Waals surface area contributed by atoms with Gasteiger partial charge in [-0.3, -0.25) is 4.79 Å². The van der Waals surface area contributed by atoms with Gasteiger partial charge >= 0.3 is 0 Å². The zero-order valence-electron chi connectivity index (χ0n) is 17.0. The molecule has 1 atom stereocenters. The summed E-state index contributed by atoms with van der Waals surface area (Å²) in [5.41, 5.74) is 0. The average molecular weight is 450 g/mol. The Morgan fingerprint density at radius 1 is 1.32 bits per heavy atom. The molecule has 1 aromatic rings. The second kappa shape index (κ2) is 10.9. The van der Waals surface area contributed by atoms with Crippen LogP contribution in [0.1, 0.15) is 40.0 Å². The van der Waals surface area contributed by atoms with Gasteiger partial charge in [0.1, 0.15) is 4.21 Å². The molecular weight excluding hydrogens is 418 g/mol. The molecule has 1 saturated heterocycles. The van der Waals surface area contributed by atoms with Gasteiger partial charge in [-0.05, 0) is 56.9 Å². The first-order chi connectivity index (χ1) is 13.3. The fraction of sp³-hybridized carbons (Fsp3) is 0.737. The van der Waals surface area contributed by atoms with Crippen LogP contribution in [0.4, 0.5) is 0 Å². The highest BCUT2D eigenvalue weighted by Crippen LogP contribution is 2.32. The molecule has 0 radical (unpaired) electrons. The lowest BCUT2D eigenvalue weighted by Crippen LogP contribution is -2.42. The van der Waals surface area contributed by atoms with Crippen molar-refractivity contribution in [3.8, 4) is 0 Å². The molecule has 1 unspecified atom stereocenters. The monoisotopic (exact) mass is 449 g/mol. The highest BCUT2D eigenvalue weighted by Gasteiger charge is 2.34. The third kappa shape index (κ3) is 6.16. The first-order valence-corrected chi connectivity index (χ1v) is 12.7. The summed E-state index contributed by atoms with van der Waals surface area (Å²) < 4.78 is 27.6. The molecule has 2 rings (SSSR count). The van der Waals surface area contributed by atoms with Gasteiger partial charge in [-0.25, -0.2) is 8.42 Å². The number of rotatable bonds is 10. The summed E-state index contributed by atoms with van der Waals surface area (Å²) >= 11 is 6.96. The van der Waals surface area contributed by atoms with Crippen LogP contribution < -0.4 is 5.32 Å². The van der Waals surface area contributed by atoms with Gasteiger partial charge in [0.05, 0.1) is 4.34 Å². The fourth-order valence-electron chi connectivity index (χ4n) is 3.61. The lowest BCUT2D eigenvalue weighted by atomic mass is 9.85. The van der Waals surface area contributed by atoms with Gasteiger partial charge in [0.2, 0.25) is 5.91 Å². The molecule has 0 aliphatic carbocycles. The van der Waals surface area contributed by atoms with E-state index in [9.17, 15) is 13.2 Å². The van der Waals surface area contributed by atoms with Crippen LogP contribution in [0.5, 0.6) is 0 Å². The maximum Gasteiger partial charge on any atom is 0.252 e. The average Bonchev–Trinajstić information content (AvgIpc) is 3.14. The third-order valence-electron chi connectivity index (χ3n) is 5.61. The minimum Gasteiger partial charge on any atom is -0.356 e. The second-order valence-corrected chi connectivity index (χ2v) is 11.1. The molecule has 0 saturated carbocycles. The Kier molecular flexibility index (Phi) is 9.21. The van der Waals surface area contributed by atoms with Crippen LogP contribution in [-0.4, -0.2) is 62.8 Å². The maximum atomic E-state index is 12.7.